The van der Waals surface area contributed by atoms with Crippen LogP contribution in [-0.4, -0.2) is 11.0 Å². The summed E-state index contributed by atoms with van der Waals surface area (Å²) in [4.78, 5) is 11.4. The second-order valence-corrected chi connectivity index (χ2v) is 4.60. The van der Waals surface area contributed by atoms with Crippen molar-refractivity contribution in [2.75, 3.05) is 0 Å². The molecule has 2 N–H and O–H groups in total. The van der Waals surface area contributed by atoms with Gasteiger partial charge in [0, 0.05) is 13.0 Å². The Bertz CT molecular complexity index is 593. The van der Waals surface area contributed by atoms with Crippen molar-refractivity contribution in [3.8, 4) is 11.1 Å². The minimum Gasteiger partial charge on any atom is -0.392 e. The van der Waals surface area contributed by atoms with Crippen molar-refractivity contribution in [1.82, 2.24) is 5.32 Å². The Morgan fingerprint density at radius 1 is 1.00 bits per heavy atom. The van der Waals surface area contributed by atoms with Gasteiger partial charge in [-0.1, -0.05) is 55.5 Å². The molecule has 104 valence electrons. The lowest BCUT2D eigenvalue weighted by atomic mass is 9.95. The van der Waals surface area contributed by atoms with Crippen LogP contribution in [0.15, 0.2) is 48.5 Å². The molecule has 0 heterocycles. The molecule has 0 saturated carbocycles. The molecule has 0 bridgehead atoms. The molecule has 3 heteroatoms. The van der Waals surface area contributed by atoms with Gasteiger partial charge < -0.3 is 10.4 Å². The summed E-state index contributed by atoms with van der Waals surface area (Å²) in [6.45, 7) is 2.34. The average Bonchev–Trinajstić information content (AvgIpc) is 2.52. The van der Waals surface area contributed by atoms with Gasteiger partial charge in [-0.15, -0.1) is 0 Å². The van der Waals surface area contributed by atoms with E-state index in [1.807, 2.05) is 55.5 Å². The highest BCUT2D eigenvalue weighted by Crippen LogP contribution is 2.27. The van der Waals surface area contributed by atoms with Crippen molar-refractivity contribution in [3.05, 3.63) is 59.7 Å². The van der Waals surface area contributed by atoms with Gasteiger partial charge in [-0.3, -0.25) is 4.79 Å². The number of aliphatic hydroxyl groups is 1. The highest BCUT2D eigenvalue weighted by atomic mass is 16.3. The summed E-state index contributed by atoms with van der Waals surface area (Å²) in [5.74, 6) is 0.0373. The van der Waals surface area contributed by atoms with Gasteiger partial charge in [0.1, 0.15) is 0 Å². The minimum absolute atomic E-state index is 0.00578. The van der Waals surface area contributed by atoms with Gasteiger partial charge in [0.15, 0.2) is 0 Å². The normalized spacial score (nSPS) is 10.3. The summed E-state index contributed by atoms with van der Waals surface area (Å²) >= 11 is 0. The highest BCUT2D eigenvalue weighted by Gasteiger charge is 2.09. The maximum absolute atomic E-state index is 11.4. The molecule has 3 nitrogen and oxygen atoms in total. The van der Waals surface area contributed by atoms with E-state index in [-0.39, 0.29) is 12.5 Å². The van der Waals surface area contributed by atoms with E-state index in [1.54, 1.807) is 0 Å². The predicted molar refractivity (Wildman–Crippen MR) is 79.9 cm³/mol. The Kier molecular flexibility index (Phi) is 4.91. The first kappa shape index (κ1) is 14.3. The minimum atomic E-state index is 0.00578. The average molecular weight is 269 g/mol. The lowest BCUT2D eigenvalue weighted by Crippen LogP contribution is -2.21. The summed E-state index contributed by atoms with van der Waals surface area (Å²) in [7, 11) is 0. The van der Waals surface area contributed by atoms with E-state index >= 15 is 0 Å². The van der Waals surface area contributed by atoms with Crippen molar-refractivity contribution in [2.24, 2.45) is 0 Å². The second kappa shape index (κ2) is 6.87. The number of carbonyl (C=O) groups excluding carboxylic acids is 1. The molecule has 20 heavy (non-hydrogen) atoms. The first-order valence-electron chi connectivity index (χ1n) is 6.80. The largest absolute Gasteiger partial charge is 0.392 e. The SMILES string of the molecule is CCC(=O)NCc1ccccc1-c1ccccc1CO. The van der Waals surface area contributed by atoms with Crippen LogP contribution in [0.5, 0.6) is 0 Å². The topological polar surface area (TPSA) is 49.3 Å². The molecule has 0 aliphatic carbocycles. The first-order chi connectivity index (χ1) is 9.76. The van der Waals surface area contributed by atoms with Gasteiger partial charge in [-0.2, -0.15) is 0 Å². The molecule has 2 rings (SSSR count). The van der Waals surface area contributed by atoms with Gasteiger partial charge in [-0.25, -0.2) is 0 Å². The van der Waals surface area contributed by atoms with E-state index in [0.717, 1.165) is 22.3 Å². The van der Waals surface area contributed by atoms with E-state index in [2.05, 4.69) is 5.32 Å². The van der Waals surface area contributed by atoms with E-state index in [9.17, 15) is 9.90 Å². The van der Waals surface area contributed by atoms with Crippen LogP contribution in [0.1, 0.15) is 24.5 Å². The van der Waals surface area contributed by atoms with Crippen LogP contribution in [0, 0.1) is 0 Å². The lowest BCUT2D eigenvalue weighted by Gasteiger charge is -2.13. The third kappa shape index (κ3) is 3.25. The van der Waals surface area contributed by atoms with Crippen molar-refractivity contribution in [3.63, 3.8) is 0 Å². The number of aliphatic hydroxyl groups excluding tert-OH is 1. The van der Waals surface area contributed by atoms with Crippen LogP contribution in [0.2, 0.25) is 0 Å². The fourth-order valence-corrected chi connectivity index (χ4v) is 2.18. The van der Waals surface area contributed by atoms with Crippen LogP contribution in [0.25, 0.3) is 11.1 Å². The number of rotatable bonds is 5. The summed E-state index contributed by atoms with van der Waals surface area (Å²) in [6.07, 6.45) is 0.482. The molecular formula is C17H19NO2. The van der Waals surface area contributed by atoms with Crippen LogP contribution < -0.4 is 5.32 Å². The van der Waals surface area contributed by atoms with Gasteiger partial charge in [0.2, 0.25) is 5.91 Å². The Morgan fingerprint density at radius 2 is 1.55 bits per heavy atom. The molecular weight excluding hydrogens is 250 g/mol. The fourth-order valence-electron chi connectivity index (χ4n) is 2.18. The third-order valence-electron chi connectivity index (χ3n) is 3.29. The Hall–Kier alpha value is -2.13. The summed E-state index contributed by atoms with van der Waals surface area (Å²) in [5, 5.41) is 12.4. The zero-order valence-corrected chi connectivity index (χ0v) is 11.6. The highest BCUT2D eigenvalue weighted by molar-refractivity contribution is 5.76. The maximum Gasteiger partial charge on any atom is 0.219 e. The summed E-state index contributed by atoms with van der Waals surface area (Å²) < 4.78 is 0. The fraction of sp³-hybridized carbons (Fsp3) is 0.235. The number of hydrogen-bond acceptors (Lipinski definition) is 2. The zero-order valence-electron chi connectivity index (χ0n) is 11.6. The van der Waals surface area contributed by atoms with Crippen LogP contribution in [-0.2, 0) is 17.9 Å². The lowest BCUT2D eigenvalue weighted by molar-refractivity contribution is -0.120. The second-order valence-electron chi connectivity index (χ2n) is 4.60. The molecule has 0 spiro atoms. The summed E-state index contributed by atoms with van der Waals surface area (Å²) in [5.41, 5.74) is 4.00. The Morgan fingerprint density at radius 3 is 2.15 bits per heavy atom. The molecule has 2 aromatic carbocycles. The molecule has 0 aliphatic heterocycles. The van der Waals surface area contributed by atoms with Gasteiger partial charge >= 0.3 is 0 Å². The predicted octanol–water partition coefficient (Wildman–Crippen LogP) is 2.87. The number of amides is 1. The molecule has 2 aromatic rings. The monoisotopic (exact) mass is 269 g/mol. The van der Waals surface area contributed by atoms with E-state index < -0.39 is 0 Å². The number of benzene rings is 2. The van der Waals surface area contributed by atoms with Crippen LogP contribution in [0.3, 0.4) is 0 Å². The van der Waals surface area contributed by atoms with E-state index in [1.165, 1.54) is 0 Å². The zero-order chi connectivity index (χ0) is 14.4. The van der Waals surface area contributed by atoms with Crippen LogP contribution in [0.4, 0.5) is 0 Å². The van der Waals surface area contributed by atoms with Crippen molar-refractivity contribution in [1.29, 1.82) is 0 Å². The summed E-state index contributed by atoms with van der Waals surface area (Å²) in [6, 6.07) is 15.7. The number of carbonyl (C=O) groups is 1. The standard InChI is InChI=1S/C17H19NO2/c1-2-17(20)18-11-13-7-3-5-9-15(13)16-10-6-4-8-14(16)12-19/h3-10,19H,2,11-12H2,1H3,(H,18,20). The Labute approximate surface area is 119 Å². The third-order valence-corrected chi connectivity index (χ3v) is 3.29. The molecule has 0 atom stereocenters. The van der Waals surface area contributed by atoms with Crippen molar-refractivity contribution >= 4 is 5.91 Å². The van der Waals surface area contributed by atoms with E-state index in [0.29, 0.717) is 13.0 Å². The van der Waals surface area contributed by atoms with Gasteiger partial charge in [0.25, 0.3) is 0 Å². The number of hydrogen-bond donors (Lipinski definition) is 2. The molecule has 0 unspecified atom stereocenters. The van der Waals surface area contributed by atoms with Crippen LogP contribution >= 0.6 is 0 Å². The molecule has 0 aliphatic rings. The quantitative estimate of drug-likeness (QED) is 0.877. The molecule has 0 aromatic heterocycles. The van der Waals surface area contributed by atoms with Gasteiger partial charge in [-0.05, 0) is 22.3 Å². The smallest absolute Gasteiger partial charge is 0.219 e. The van der Waals surface area contributed by atoms with Crippen molar-refractivity contribution in [2.45, 2.75) is 26.5 Å². The molecule has 1 amide bonds. The van der Waals surface area contributed by atoms with Crippen molar-refractivity contribution < 1.29 is 9.90 Å². The molecule has 0 fully saturated rings. The first-order valence-corrected chi connectivity index (χ1v) is 6.80. The molecule has 0 saturated heterocycles. The Balaban J connectivity index is 2.34. The number of nitrogens with one attached hydrogen (secondary N) is 1. The van der Waals surface area contributed by atoms with E-state index in [4.69, 9.17) is 0 Å². The van der Waals surface area contributed by atoms with Gasteiger partial charge in [0.05, 0.1) is 6.61 Å². The molecule has 0 radical (unpaired) electrons. The maximum atomic E-state index is 11.4.